The zero-order chi connectivity index (χ0) is 27.2. The number of fused-ring (bicyclic) bond motifs is 1. The molecule has 1 aromatic carbocycles. The number of carbonyl (C=O) groups is 2. The third-order valence-corrected chi connectivity index (χ3v) is 8.09. The third kappa shape index (κ3) is 5.32. The van der Waals surface area contributed by atoms with Crippen LogP contribution in [0.3, 0.4) is 0 Å². The Kier molecular flexibility index (Phi) is 7.28. The van der Waals surface area contributed by atoms with Crippen molar-refractivity contribution in [1.82, 2.24) is 19.6 Å². The molecule has 206 valence electrons. The Morgan fingerprint density at radius 2 is 1.74 bits per heavy atom. The Labute approximate surface area is 220 Å². The van der Waals surface area contributed by atoms with Gasteiger partial charge in [-0.25, -0.2) is 0 Å². The van der Waals surface area contributed by atoms with E-state index in [1.807, 2.05) is 13.8 Å². The Morgan fingerprint density at radius 3 is 2.39 bits per heavy atom. The van der Waals surface area contributed by atoms with Gasteiger partial charge < -0.3 is 14.5 Å². The first kappa shape index (κ1) is 26.7. The van der Waals surface area contributed by atoms with Gasteiger partial charge in [0.2, 0.25) is 5.91 Å². The van der Waals surface area contributed by atoms with Gasteiger partial charge in [-0.1, -0.05) is 12.1 Å². The van der Waals surface area contributed by atoms with E-state index >= 15 is 0 Å². The number of hydrogen-bond donors (Lipinski definition) is 0. The second-order valence-corrected chi connectivity index (χ2v) is 11.0. The fourth-order valence-electron chi connectivity index (χ4n) is 6.19. The van der Waals surface area contributed by atoms with Crippen LogP contribution in [0.25, 0.3) is 0 Å². The highest BCUT2D eigenvalue weighted by molar-refractivity contribution is 5.94. The number of halogens is 3. The molecule has 0 radical (unpaired) electrons. The summed E-state index contributed by atoms with van der Waals surface area (Å²) in [5.41, 5.74) is 2.67. The van der Waals surface area contributed by atoms with Crippen molar-refractivity contribution in [2.24, 2.45) is 0 Å². The van der Waals surface area contributed by atoms with Crippen molar-refractivity contribution in [3.8, 4) is 0 Å². The largest absolute Gasteiger partial charge is 0.416 e. The summed E-state index contributed by atoms with van der Waals surface area (Å²) in [5, 5.41) is 4.63. The molecule has 0 spiro atoms. The Morgan fingerprint density at radius 1 is 1.05 bits per heavy atom. The van der Waals surface area contributed by atoms with Crippen molar-refractivity contribution in [2.45, 2.75) is 83.7 Å². The molecule has 0 N–H and O–H groups in total. The zero-order valence-electron chi connectivity index (χ0n) is 22.2. The summed E-state index contributed by atoms with van der Waals surface area (Å²) in [6.45, 7) is 7.45. The average Bonchev–Trinajstić information content (AvgIpc) is 3.47. The van der Waals surface area contributed by atoms with Gasteiger partial charge in [0.1, 0.15) is 6.54 Å². The number of morpholine rings is 1. The van der Waals surface area contributed by atoms with Crippen molar-refractivity contribution in [3.05, 3.63) is 51.8 Å². The van der Waals surface area contributed by atoms with Gasteiger partial charge in [0.25, 0.3) is 5.91 Å². The number of nitrogens with zero attached hydrogens (tertiary/aromatic N) is 4. The second-order valence-electron chi connectivity index (χ2n) is 11.0. The number of piperidine rings is 1. The Hall–Kier alpha value is -2.88. The van der Waals surface area contributed by atoms with E-state index in [1.165, 1.54) is 19.1 Å². The number of aromatic nitrogens is 2. The summed E-state index contributed by atoms with van der Waals surface area (Å²) in [7, 11) is 0. The molecule has 1 aliphatic carbocycles. The van der Waals surface area contributed by atoms with E-state index in [0.29, 0.717) is 50.3 Å². The van der Waals surface area contributed by atoms with Gasteiger partial charge in [0.15, 0.2) is 5.69 Å². The van der Waals surface area contributed by atoms with Gasteiger partial charge in [-0.3, -0.25) is 14.3 Å². The Bertz CT molecular complexity index is 1210. The van der Waals surface area contributed by atoms with Crippen molar-refractivity contribution >= 4 is 11.8 Å². The van der Waals surface area contributed by atoms with Gasteiger partial charge in [0.05, 0.1) is 17.8 Å². The van der Waals surface area contributed by atoms with Crippen molar-refractivity contribution in [2.75, 3.05) is 26.2 Å². The van der Waals surface area contributed by atoms with E-state index in [2.05, 4.69) is 5.10 Å². The molecule has 0 saturated carbocycles. The lowest BCUT2D eigenvalue weighted by Crippen LogP contribution is -2.48. The van der Waals surface area contributed by atoms with E-state index in [-0.39, 0.29) is 42.0 Å². The van der Waals surface area contributed by atoms with Gasteiger partial charge in [-0.05, 0) is 76.0 Å². The van der Waals surface area contributed by atoms with E-state index in [0.717, 1.165) is 30.5 Å². The lowest BCUT2D eigenvalue weighted by Gasteiger charge is -2.35. The lowest BCUT2D eigenvalue weighted by molar-refractivity contribution is -0.138. The van der Waals surface area contributed by atoms with Crippen molar-refractivity contribution in [1.29, 1.82) is 0 Å². The molecule has 2 saturated heterocycles. The van der Waals surface area contributed by atoms with E-state index in [4.69, 9.17) is 4.74 Å². The summed E-state index contributed by atoms with van der Waals surface area (Å²) in [5.74, 6) is -0.195. The highest BCUT2D eigenvalue weighted by Crippen LogP contribution is 2.36. The van der Waals surface area contributed by atoms with Crippen LogP contribution < -0.4 is 0 Å². The third-order valence-electron chi connectivity index (χ3n) is 8.09. The molecule has 10 heteroatoms. The normalized spacial score (nSPS) is 22.6. The Balaban J connectivity index is 1.24. The maximum atomic E-state index is 13.4. The first-order chi connectivity index (χ1) is 18.0. The molecule has 3 aliphatic rings. The maximum Gasteiger partial charge on any atom is 0.416 e. The highest BCUT2D eigenvalue weighted by Gasteiger charge is 2.35. The number of aryl methyl sites for hydroxylation is 1. The molecular weight excluding hydrogens is 497 g/mol. The van der Waals surface area contributed by atoms with Gasteiger partial charge >= 0.3 is 6.18 Å². The molecule has 1 aromatic heterocycles. The van der Waals surface area contributed by atoms with E-state index in [9.17, 15) is 22.8 Å². The number of carbonyl (C=O) groups excluding carboxylic acids is 2. The molecular formula is C28H35F3N4O3. The van der Waals surface area contributed by atoms with Crippen LogP contribution in [0, 0.1) is 6.92 Å². The smallest absolute Gasteiger partial charge is 0.372 e. The molecule has 2 fully saturated rings. The van der Waals surface area contributed by atoms with Crippen LogP contribution in [0.5, 0.6) is 0 Å². The summed E-state index contributed by atoms with van der Waals surface area (Å²) in [4.78, 5) is 30.1. The quantitative estimate of drug-likeness (QED) is 0.587. The molecule has 0 unspecified atom stereocenters. The molecule has 38 heavy (non-hydrogen) atoms. The average molecular weight is 533 g/mol. The van der Waals surface area contributed by atoms with Crippen LogP contribution >= 0.6 is 0 Å². The van der Waals surface area contributed by atoms with Gasteiger partial charge in [0, 0.05) is 37.4 Å². The lowest BCUT2D eigenvalue weighted by atomic mass is 9.87. The summed E-state index contributed by atoms with van der Waals surface area (Å²) in [6, 6.07) is 4.57. The predicted octanol–water partition coefficient (Wildman–Crippen LogP) is 4.35. The monoisotopic (exact) mass is 532 g/mol. The molecule has 0 bridgehead atoms. The minimum absolute atomic E-state index is 0.0165. The van der Waals surface area contributed by atoms with Crippen LogP contribution in [0.4, 0.5) is 13.2 Å². The minimum atomic E-state index is -4.38. The highest BCUT2D eigenvalue weighted by atomic mass is 19.4. The predicted molar refractivity (Wildman–Crippen MR) is 135 cm³/mol. The van der Waals surface area contributed by atoms with Crippen LogP contribution in [-0.4, -0.2) is 69.8 Å². The topological polar surface area (TPSA) is 67.7 Å². The molecule has 3 heterocycles. The van der Waals surface area contributed by atoms with Crippen molar-refractivity contribution < 1.29 is 27.5 Å². The van der Waals surface area contributed by atoms with Crippen molar-refractivity contribution in [3.63, 3.8) is 0 Å². The molecule has 2 amide bonds. The van der Waals surface area contributed by atoms with Crippen LogP contribution in [-0.2, 0) is 35.1 Å². The van der Waals surface area contributed by atoms with Crippen LogP contribution in [0.2, 0.25) is 0 Å². The zero-order valence-corrected chi connectivity index (χ0v) is 22.2. The number of ether oxygens (including phenoxy) is 1. The fourth-order valence-corrected chi connectivity index (χ4v) is 6.19. The summed E-state index contributed by atoms with van der Waals surface area (Å²) < 4.78 is 47.6. The number of likely N-dealkylation sites (tertiary alicyclic amines) is 1. The first-order valence-corrected chi connectivity index (χ1v) is 13.5. The number of alkyl halides is 3. The number of benzene rings is 1. The number of hydrogen-bond acceptors (Lipinski definition) is 4. The molecule has 2 atom stereocenters. The van der Waals surface area contributed by atoms with Crippen LogP contribution in [0.15, 0.2) is 18.2 Å². The molecule has 2 aliphatic heterocycles. The SMILES string of the molecule is Cc1ccc(C2CCN(C(=O)Cn3nc(C(=O)N4C[C@@H](C)O[C@@H](C)C4)c4c3CCC4)CC2)cc1C(F)(F)F. The summed E-state index contributed by atoms with van der Waals surface area (Å²) in [6.07, 6.45) is -0.734. The summed E-state index contributed by atoms with van der Waals surface area (Å²) >= 11 is 0. The fraction of sp³-hybridized carbons (Fsp3) is 0.607. The second kappa shape index (κ2) is 10.4. The van der Waals surface area contributed by atoms with Crippen LogP contribution in [0.1, 0.15) is 77.5 Å². The maximum absolute atomic E-state index is 13.4. The van der Waals surface area contributed by atoms with Gasteiger partial charge in [-0.15, -0.1) is 0 Å². The minimum Gasteiger partial charge on any atom is -0.372 e. The number of amides is 2. The first-order valence-electron chi connectivity index (χ1n) is 13.5. The van der Waals surface area contributed by atoms with Gasteiger partial charge in [-0.2, -0.15) is 18.3 Å². The number of rotatable bonds is 4. The molecule has 5 rings (SSSR count). The van der Waals surface area contributed by atoms with E-state index < -0.39 is 11.7 Å². The van der Waals surface area contributed by atoms with E-state index in [1.54, 1.807) is 20.5 Å². The molecule has 7 nitrogen and oxygen atoms in total. The molecule has 2 aromatic rings. The standard InChI is InChI=1S/C28H35F3N4O3/c1-17-7-8-21(13-23(17)28(29,30)31)20-9-11-33(12-10-20)25(36)16-35-24-6-4-5-22(24)26(32-35)27(37)34-14-18(2)38-19(3)15-34/h7-8,13,18-20H,4-6,9-12,14-16H2,1-3H3/t18-,19+.